The molecule has 0 aromatic rings. The van der Waals surface area contributed by atoms with Gasteiger partial charge in [-0.1, -0.05) is 0 Å². The molecule has 1 aliphatic carbocycles. The molecule has 2 aliphatic rings. The number of rotatable bonds is 3. The summed E-state index contributed by atoms with van der Waals surface area (Å²) in [5.41, 5.74) is 0. The molecule has 0 bridgehead atoms. The van der Waals surface area contributed by atoms with Crippen LogP contribution in [0, 0.1) is 5.92 Å². The Morgan fingerprint density at radius 1 is 1.09 bits per heavy atom. The average molecular weight is 154 g/mol. The molecule has 0 atom stereocenters. The zero-order valence-corrected chi connectivity index (χ0v) is 7.10. The molecule has 0 aromatic heterocycles. The van der Waals surface area contributed by atoms with Gasteiger partial charge in [0.2, 0.25) is 0 Å². The fraction of sp³-hybridized carbons (Fsp3) is 1.00. The van der Waals surface area contributed by atoms with E-state index in [9.17, 15) is 0 Å². The van der Waals surface area contributed by atoms with E-state index in [1.54, 1.807) is 0 Å². The summed E-state index contributed by atoms with van der Waals surface area (Å²) in [6.45, 7) is 3.70. The highest BCUT2D eigenvalue weighted by Gasteiger charge is 2.22. The molecule has 0 unspecified atom stereocenters. The van der Waals surface area contributed by atoms with Crippen molar-refractivity contribution in [3.8, 4) is 0 Å². The Balaban J connectivity index is 1.59. The number of hydrogen-bond acceptors (Lipinski definition) is 2. The predicted octanol–water partition coefficient (Wildman–Crippen LogP) is 0.738. The third kappa shape index (κ3) is 2.46. The minimum atomic E-state index is 0.817. The van der Waals surface area contributed by atoms with Gasteiger partial charge >= 0.3 is 0 Å². The predicted molar refractivity (Wildman–Crippen MR) is 46.6 cm³/mol. The van der Waals surface area contributed by atoms with Crippen molar-refractivity contribution in [2.45, 2.75) is 31.7 Å². The second-order valence-electron chi connectivity index (χ2n) is 3.88. The Kier molecular flexibility index (Phi) is 2.44. The lowest BCUT2D eigenvalue weighted by atomic mass is 10.1. The Labute approximate surface area is 68.7 Å². The van der Waals surface area contributed by atoms with Crippen molar-refractivity contribution in [3.63, 3.8) is 0 Å². The van der Waals surface area contributed by atoms with Crippen molar-refractivity contribution in [3.05, 3.63) is 0 Å². The maximum atomic E-state index is 3.64. The lowest BCUT2D eigenvalue weighted by Gasteiger charge is -2.23. The standard InChI is InChI=1S/C9H18N2/c1-2-8(1)7-11-9-3-5-10-6-4-9/h8-11H,1-7H2. The first-order valence-corrected chi connectivity index (χ1v) is 4.89. The summed E-state index contributed by atoms with van der Waals surface area (Å²) in [6, 6.07) is 0.817. The lowest BCUT2D eigenvalue weighted by Crippen LogP contribution is -2.40. The van der Waals surface area contributed by atoms with Crippen LogP contribution in [-0.2, 0) is 0 Å². The topological polar surface area (TPSA) is 24.1 Å². The van der Waals surface area contributed by atoms with Crippen LogP contribution in [0.5, 0.6) is 0 Å². The van der Waals surface area contributed by atoms with Gasteiger partial charge in [-0.25, -0.2) is 0 Å². The van der Waals surface area contributed by atoms with Crippen LogP contribution >= 0.6 is 0 Å². The minimum Gasteiger partial charge on any atom is -0.317 e. The third-order valence-electron chi connectivity index (χ3n) is 2.73. The smallest absolute Gasteiger partial charge is 0.00913 e. The van der Waals surface area contributed by atoms with Gasteiger partial charge in [-0.3, -0.25) is 0 Å². The van der Waals surface area contributed by atoms with E-state index < -0.39 is 0 Å². The minimum absolute atomic E-state index is 0.817. The van der Waals surface area contributed by atoms with E-state index in [1.165, 1.54) is 45.3 Å². The molecule has 0 radical (unpaired) electrons. The largest absolute Gasteiger partial charge is 0.317 e. The number of nitrogens with one attached hydrogen (secondary N) is 2. The molecule has 0 aromatic carbocycles. The van der Waals surface area contributed by atoms with Gasteiger partial charge in [-0.05, 0) is 51.2 Å². The highest BCUT2D eigenvalue weighted by molar-refractivity contribution is 4.80. The van der Waals surface area contributed by atoms with Gasteiger partial charge < -0.3 is 10.6 Å². The zero-order valence-electron chi connectivity index (χ0n) is 7.10. The maximum absolute atomic E-state index is 3.64. The Morgan fingerprint density at radius 2 is 1.82 bits per heavy atom. The van der Waals surface area contributed by atoms with Crippen LogP contribution in [0.15, 0.2) is 0 Å². The summed E-state index contributed by atoms with van der Waals surface area (Å²) in [5, 5.41) is 7.02. The third-order valence-corrected chi connectivity index (χ3v) is 2.73. The molecule has 2 N–H and O–H groups in total. The van der Waals surface area contributed by atoms with Crippen molar-refractivity contribution in [1.29, 1.82) is 0 Å². The lowest BCUT2D eigenvalue weighted by molar-refractivity contribution is 0.383. The molecule has 64 valence electrons. The van der Waals surface area contributed by atoms with E-state index in [0.717, 1.165) is 12.0 Å². The molecular formula is C9H18N2. The molecule has 1 heterocycles. The SMILES string of the molecule is C1CC(NCC2CC2)CCN1. The summed E-state index contributed by atoms with van der Waals surface area (Å²) in [5.74, 6) is 1.03. The first-order chi connectivity index (χ1) is 5.45. The van der Waals surface area contributed by atoms with E-state index in [0.29, 0.717) is 0 Å². The zero-order chi connectivity index (χ0) is 7.52. The van der Waals surface area contributed by atoms with E-state index in [-0.39, 0.29) is 0 Å². The van der Waals surface area contributed by atoms with Crippen molar-refractivity contribution in [1.82, 2.24) is 10.6 Å². The molecule has 0 amide bonds. The maximum Gasteiger partial charge on any atom is 0.00913 e. The molecule has 1 aliphatic heterocycles. The normalized spacial score (nSPS) is 27.3. The molecule has 11 heavy (non-hydrogen) atoms. The van der Waals surface area contributed by atoms with Gasteiger partial charge in [0.15, 0.2) is 0 Å². The van der Waals surface area contributed by atoms with E-state index in [2.05, 4.69) is 10.6 Å². The Bertz CT molecular complexity index is 115. The average Bonchev–Trinajstić information content (AvgIpc) is 2.86. The fourth-order valence-corrected chi connectivity index (χ4v) is 1.68. The quantitative estimate of drug-likeness (QED) is 0.626. The van der Waals surface area contributed by atoms with Gasteiger partial charge in [0.1, 0.15) is 0 Å². The summed E-state index contributed by atoms with van der Waals surface area (Å²) < 4.78 is 0. The molecule has 2 nitrogen and oxygen atoms in total. The van der Waals surface area contributed by atoms with Crippen LogP contribution in [0.25, 0.3) is 0 Å². The van der Waals surface area contributed by atoms with Crippen molar-refractivity contribution in [2.24, 2.45) is 5.92 Å². The fourth-order valence-electron chi connectivity index (χ4n) is 1.68. The molecule has 0 spiro atoms. The molecule has 1 saturated heterocycles. The Morgan fingerprint density at radius 3 is 2.45 bits per heavy atom. The molecule has 1 saturated carbocycles. The van der Waals surface area contributed by atoms with E-state index in [1.807, 2.05) is 0 Å². The highest BCUT2D eigenvalue weighted by atomic mass is 15.0. The summed E-state index contributed by atoms with van der Waals surface area (Å²) in [6.07, 6.45) is 5.59. The van der Waals surface area contributed by atoms with Crippen LogP contribution in [0.1, 0.15) is 25.7 Å². The van der Waals surface area contributed by atoms with E-state index >= 15 is 0 Å². The van der Waals surface area contributed by atoms with Gasteiger partial charge in [0, 0.05) is 6.04 Å². The highest BCUT2D eigenvalue weighted by Crippen LogP contribution is 2.27. The van der Waals surface area contributed by atoms with Crippen molar-refractivity contribution < 1.29 is 0 Å². The Hall–Kier alpha value is -0.0800. The van der Waals surface area contributed by atoms with Crippen LogP contribution in [-0.4, -0.2) is 25.7 Å². The summed E-state index contributed by atoms with van der Waals surface area (Å²) in [4.78, 5) is 0. The molecule has 2 rings (SSSR count). The summed E-state index contributed by atoms with van der Waals surface area (Å²) in [7, 11) is 0. The van der Waals surface area contributed by atoms with Gasteiger partial charge in [-0.15, -0.1) is 0 Å². The number of piperidine rings is 1. The van der Waals surface area contributed by atoms with Gasteiger partial charge in [0.25, 0.3) is 0 Å². The first-order valence-electron chi connectivity index (χ1n) is 4.89. The van der Waals surface area contributed by atoms with Gasteiger partial charge in [0.05, 0.1) is 0 Å². The van der Waals surface area contributed by atoms with Gasteiger partial charge in [-0.2, -0.15) is 0 Å². The second kappa shape index (κ2) is 3.55. The molecular weight excluding hydrogens is 136 g/mol. The molecule has 2 heteroatoms. The van der Waals surface area contributed by atoms with Crippen LogP contribution in [0.3, 0.4) is 0 Å². The van der Waals surface area contributed by atoms with Crippen LogP contribution in [0.4, 0.5) is 0 Å². The summed E-state index contributed by atoms with van der Waals surface area (Å²) >= 11 is 0. The van der Waals surface area contributed by atoms with Crippen LogP contribution < -0.4 is 10.6 Å². The van der Waals surface area contributed by atoms with Crippen molar-refractivity contribution in [2.75, 3.05) is 19.6 Å². The van der Waals surface area contributed by atoms with E-state index in [4.69, 9.17) is 0 Å². The van der Waals surface area contributed by atoms with Crippen molar-refractivity contribution >= 4 is 0 Å². The first kappa shape index (κ1) is 7.56. The monoisotopic (exact) mass is 154 g/mol. The number of hydrogen-bond donors (Lipinski definition) is 2. The molecule has 2 fully saturated rings. The second-order valence-corrected chi connectivity index (χ2v) is 3.88. The van der Waals surface area contributed by atoms with Crippen LogP contribution in [0.2, 0.25) is 0 Å².